The molecule has 0 radical (unpaired) electrons. The Morgan fingerprint density at radius 2 is 1.74 bits per heavy atom. The third kappa shape index (κ3) is 10.6. The first-order valence-electron chi connectivity index (χ1n) is 7.60. The summed E-state index contributed by atoms with van der Waals surface area (Å²) in [4.78, 5) is 34.8. The van der Waals surface area contributed by atoms with E-state index in [2.05, 4.69) is 10.6 Å². The molecule has 23 heavy (non-hydrogen) atoms. The van der Waals surface area contributed by atoms with Crippen molar-refractivity contribution >= 4 is 17.7 Å². The van der Waals surface area contributed by atoms with Crippen LogP contribution in [0.15, 0.2) is 0 Å². The summed E-state index contributed by atoms with van der Waals surface area (Å²) in [5.41, 5.74) is 4.54. The van der Waals surface area contributed by atoms with Gasteiger partial charge in [-0.3, -0.25) is 14.4 Å². The fourth-order valence-corrected chi connectivity index (χ4v) is 1.74. The third-order valence-electron chi connectivity index (χ3n) is 3.01. The number of nitrogens with one attached hydrogen (secondary N) is 2. The molecule has 3 amide bonds. The molecule has 0 spiro atoms. The lowest BCUT2D eigenvalue weighted by Crippen LogP contribution is -2.54. The molecule has 0 aliphatic carbocycles. The van der Waals surface area contributed by atoms with Gasteiger partial charge in [0.25, 0.3) is 0 Å². The number of primary amides is 1. The number of rotatable bonds is 11. The lowest BCUT2D eigenvalue weighted by molar-refractivity contribution is -0.132. The van der Waals surface area contributed by atoms with E-state index in [-0.39, 0.29) is 24.7 Å². The molecule has 0 bridgehead atoms. The van der Waals surface area contributed by atoms with Crippen LogP contribution in [0.1, 0.15) is 33.6 Å². The van der Waals surface area contributed by atoms with Gasteiger partial charge in [-0.15, -0.1) is 0 Å². The average Bonchev–Trinajstić information content (AvgIpc) is 2.44. The number of amides is 3. The average molecular weight is 331 g/mol. The molecule has 0 saturated heterocycles. The van der Waals surface area contributed by atoms with E-state index in [0.717, 1.165) is 0 Å². The maximum Gasteiger partial charge on any atom is 0.243 e. The molecule has 8 heteroatoms. The molecule has 4 N–H and O–H groups in total. The Balaban J connectivity index is 4.35. The molecule has 0 aromatic heterocycles. The van der Waals surface area contributed by atoms with Gasteiger partial charge in [0.15, 0.2) is 0 Å². The highest BCUT2D eigenvalue weighted by molar-refractivity contribution is 5.89. The number of carbonyl (C=O) groups excluding carboxylic acids is 3. The van der Waals surface area contributed by atoms with Gasteiger partial charge in [-0.2, -0.15) is 0 Å². The highest BCUT2D eigenvalue weighted by Gasteiger charge is 2.32. The molecule has 0 aromatic carbocycles. The number of hydrogen-bond acceptors (Lipinski definition) is 5. The van der Waals surface area contributed by atoms with Crippen LogP contribution >= 0.6 is 0 Å². The Hall–Kier alpha value is -1.67. The van der Waals surface area contributed by atoms with Crippen LogP contribution in [-0.2, 0) is 23.9 Å². The lowest BCUT2D eigenvalue weighted by atomic mass is 9.86. The van der Waals surface area contributed by atoms with Gasteiger partial charge in [-0.1, -0.05) is 20.8 Å². The first kappa shape index (κ1) is 21.3. The first-order chi connectivity index (χ1) is 10.7. The maximum atomic E-state index is 12.3. The second kappa shape index (κ2) is 11.0. The van der Waals surface area contributed by atoms with E-state index < -0.39 is 17.4 Å². The minimum Gasteiger partial charge on any atom is -0.382 e. The predicted octanol–water partition coefficient (Wildman–Crippen LogP) is -0.438. The Morgan fingerprint density at radius 1 is 1.09 bits per heavy atom. The van der Waals surface area contributed by atoms with E-state index in [1.54, 1.807) is 7.11 Å². The van der Waals surface area contributed by atoms with Crippen LogP contribution in [-0.4, -0.2) is 57.2 Å². The second-order valence-electron chi connectivity index (χ2n) is 6.23. The second-order valence-corrected chi connectivity index (χ2v) is 6.23. The summed E-state index contributed by atoms with van der Waals surface area (Å²) in [5.74, 6) is -1.22. The molecule has 0 saturated carbocycles. The van der Waals surface area contributed by atoms with E-state index in [4.69, 9.17) is 15.2 Å². The van der Waals surface area contributed by atoms with Crippen LogP contribution in [0, 0.1) is 5.41 Å². The van der Waals surface area contributed by atoms with Crippen molar-refractivity contribution in [3.05, 3.63) is 0 Å². The summed E-state index contributed by atoms with van der Waals surface area (Å²) in [6, 6.07) is -0.707. The molecular weight excluding hydrogens is 302 g/mol. The highest BCUT2D eigenvalue weighted by atomic mass is 16.5. The Kier molecular flexibility index (Phi) is 10.2. The summed E-state index contributed by atoms with van der Waals surface area (Å²) in [6.07, 6.45) is -0.0764. The summed E-state index contributed by atoms with van der Waals surface area (Å²) in [7, 11) is 1.58. The van der Waals surface area contributed by atoms with E-state index in [9.17, 15) is 14.4 Å². The summed E-state index contributed by atoms with van der Waals surface area (Å²) in [6.45, 7) is 7.20. The van der Waals surface area contributed by atoms with E-state index in [0.29, 0.717) is 26.4 Å². The topological polar surface area (TPSA) is 120 Å². The molecule has 8 nitrogen and oxygen atoms in total. The van der Waals surface area contributed by atoms with Crippen molar-refractivity contribution in [2.24, 2.45) is 11.1 Å². The summed E-state index contributed by atoms with van der Waals surface area (Å²) >= 11 is 0. The first-order valence-corrected chi connectivity index (χ1v) is 7.60. The fourth-order valence-electron chi connectivity index (χ4n) is 1.74. The molecule has 0 aliphatic heterocycles. The van der Waals surface area contributed by atoms with Crippen molar-refractivity contribution in [1.82, 2.24) is 10.6 Å². The zero-order chi connectivity index (χ0) is 17.9. The number of methoxy groups -OCH3 is 1. The Bertz CT molecular complexity index is 393. The Morgan fingerprint density at radius 3 is 2.26 bits per heavy atom. The zero-order valence-electron chi connectivity index (χ0n) is 14.4. The van der Waals surface area contributed by atoms with Gasteiger partial charge in [0.2, 0.25) is 17.7 Å². The molecule has 0 unspecified atom stereocenters. The predicted molar refractivity (Wildman–Crippen MR) is 85.5 cm³/mol. The number of ether oxygens (including phenoxy) is 2. The Labute approximate surface area is 137 Å². The molecule has 0 fully saturated rings. The molecule has 134 valence electrons. The van der Waals surface area contributed by atoms with E-state index in [1.165, 1.54) is 0 Å². The summed E-state index contributed by atoms with van der Waals surface area (Å²) < 4.78 is 10.1. The third-order valence-corrected chi connectivity index (χ3v) is 3.01. The quantitative estimate of drug-likeness (QED) is 0.443. The molecule has 0 rings (SSSR count). The van der Waals surface area contributed by atoms with Gasteiger partial charge in [0.05, 0.1) is 19.8 Å². The van der Waals surface area contributed by atoms with Crippen LogP contribution in [0.5, 0.6) is 0 Å². The molecular formula is C15H29N3O5. The summed E-state index contributed by atoms with van der Waals surface area (Å²) in [5, 5.41) is 5.38. The van der Waals surface area contributed by atoms with Gasteiger partial charge < -0.3 is 25.8 Å². The van der Waals surface area contributed by atoms with Crippen LogP contribution in [0.4, 0.5) is 0 Å². The minimum atomic E-state index is -0.707. The van der Waals surface area contributed by atoms with Gasteiger partial charge in [-0.25, -0.2) is 0 Å². The van der Waals surface area contributed by atoms with Crippen LogP contribution < -0.4 is 16.4 Å². The highest BCUT2D eigenvalue weighted by Crippen LogP contribution is 2.19. The van der Waals surface area contributed by atoms with E-state index in [1.807, 2.05) is 20.8 Å². The number of nitrogens with two attached hydrogens (primary N) is 1. The zero-order valence-corrected chi connectivity index (χ0v) is 14.4. The van der Waals surface area contributed by atoms with E-state index >= 15 is 0 Å². The SMILES string of the molecule is COCCOCCNC(=O)[C@@H](NC(=O)CCC(N)=O)C(C)(C)C. The largest absolute Gasteiger partial charge is 0.382 e. The fraction of sp³-hybridized carbons (Fsp3) is 0.800. The van der Waals surface area contributed by atoms with Crippen molar-refractivity contribution in [3.63, 3.8) is 0 Å². The number of hydrogen-bond donors (Lipinski definition) is 3. The molecule has 0 heterocycles. The van der Waals surface area contributed by atoms with Crippen LogP contribution in [0.3, 0.4) is 0 Å². The minimum absolute atomic E-state index is 0.0324. The monoisotopic (exact) mass is 331 g/mol. The van der Waals surface area contributed by atoms with Gasteiger partial charge in [-0.05, 0) is 5.41 Å². The maximum absolute atomic E-state index is 12.3. The number of carbonyl (C=O) groups is 3. The van der Waals surface area contributed by atoms with Gasteiger partial charge >= 0.3 is 0 Å². The smallest absolute Gasteiger partial charge is 0.243 e. The van der Waals surface area contributed by atoms with Crippen molar-refractivity contribution in [2.75, 3.05) is 33.5 Å². The van der Waals surface area contributed by atoms with Crippen molar-refractivity contribution in [1.29, 1.82) is 0 Å². The normalized spacial score (nSPS) is 12.5. The van der Waals surface area contributed by atoms with Crippen molar-refractivity contribution in [2.45, 2.75) is 39.7 Å². The van der Waals surface area contributed by atoms with Gasteiger partial charge in [0.1, 0.15) is 6.04 Å². The molecule has 0 aliphatic rings. The lowest BCUT2D eigenvalue weighted by Gasteiger charge is -2.30. The van der Waals surface area contributed by atoms with Gasteiger partial charge in [0, 0.05) is 26.5 Å². The van der Waals surface area contributed by atoms with Crippen LogP contribution in [0.25, 0.3) is 0 Å². The molecule has 1 atom stereocenters. The van der Waals surface area contributed by atoms with Crippen molar-refractivity contribution < 1.29 is 23.9 Å². The van der Waals surface area contributed by atoms with Crippen LogP contribution in [0.2, 0.25) is 0 Å². The standard InChI is InChI=1S/C15H29N3O5/c1-15(2,3)13(18-12(20)6-5-11(16)19)14(21)17-7-8-23-10-9-22-4/h13H,5-10H2,1-4H3,(H2,16,19)(H,17,21)(H,18,20)/t13-/m1/s1. The molecule has 0 aromatic rings. The van der Waals surface area contributed by atoms with Crippen molar-refractivity contribution in [3.8, 4) is 0 Å².